The van der Waals surface area contributed by atoms with Crippen LogP contribution < -0.4 is 15.7 Å². The van der Waals surface area contributed by atoms with Crippen molar-refractivity contribution in [2.75, 3.05) is 20.3 Å². The van der Waals surface area contributed by atoms with Gasteiger partial charge in [-0.15, -0.1) is 0 Å². The van der Waals surface area contributed by atoms with E-state index in [1.165, 1.54) is 13.3 Å². The topological polar surface area (TPSA) is 81.2 Å². The van der Waals surface area contributed by atoms with E-state index < -0.39 is 40.5 Å². The van der Waals surface area contributed by atoms with E-state index in [2.05, 4.69) is 15.5 Å². The van der Waals surface area contributed by atoms with Gasteiger partial charge in [-0.1, -0.05) is 42.5 Å². The number of aromatic amines is 1. The quantitative estimate of drug-likeness (QED) is 0.164. The van der Waals surface area contributed by atoms with Gasteiger partial charge in [0.25, 0.3) is 0 Å². The van der Waals surface area contributed by atoms with Gasteiger partial charge in [-0.05, 0) is 79.6 Å². The Kier molecular flexibility index (Phi) is 9.88. The number of aromatic nitrogens is 3. The predicted molar refractivity (Wildman–Crippen MR) is 163 cm³/mol. The molecule has 0 radical (unpaired) electrons. The Morgan fingerprint density at radius 1 is 0.915 bits per heavy atom. The summed E-state index contributed by atoms with van der Waals surface area (Å²) in [6.07, 6.45) is -7.39. The molecular formula is C34H36F6N4O3. The van der Waals surface area contributed by atoms with E-state index in [0.29, 0.717) is 50.9 Å². The highest BCUT2D eigenvalue weighted by Crippen LogP contribution is 2.47. The van der Waals surface area contributed by atoms with Crippen LogP contribution >= 0.6 is 0 Å². The molecule has 7 nitrogen and oxygen atoms in total. The van der Waals surface area contributed by atoms with Crippen molar-refractivity contribution in [3.63, 3.8) is 0 Å². The number of nitrogens with zero attached hydrogens (tertiary/aromatic N) is 2. The second-order valence-corrected chi connectivity index (χ2v) is 12.1. The minimum absolute atomic E-state index is 0.0470. The van der Waals surface area contributed by atoms with Crippen molar-refractivity contribution < 1.29 is 35.8 Å². The number of rotatable bonds is 11. The lowest BCUT2D eigenvalue weighted by Gasteiger charge is -2.47. The molecule has 1 fully saturated rings. The van der Waals surface area contributed by atoms with Gasteiger partial charge in [-0.25, -0.2) is 9.89 Å². The molecule has 0 amide bonds. The van der Waals surface area contributed by atoms with Crippen LogP contribution in [0.4, 0.5) is 26.3 Å². The molecule has 47 heavy (non-hydrogen) atoms. The van der Waals surface area contributed by atoms with Crippen LogP contribution in [0.2, 0.25) is 0 Å². The fourth-order valence-corrected chi connectivity index (χ4v) is 6.37. The largest absolute Gasteiger partial charge is 0.497 e. The van der Waals surface area contributed by atoms with Gasteiger partial charge in [0.1, 0.15) is 12.1 Å². The highest BCUT2D eigenvalue weighted by Gasteiger charge is 2.46. The Morgan fingerprint density at radius 2 is 1.53 bits per heavy atom. The molecule has 4 aromatic rings. The lowest BCUT2D eigenvalue weighted by molar-refractivity contribution is -0.143. The number of nitrogens with one attached hydrogen (secondary N) is 2. The van der Waals surface area contributed by atoms with Crippen molar-refractivity contribution in [1.29, 1.82) is 0 Å². The second-order valence-electron chi connectivity index (χ2n) is 12.1. The Hall–Kier alpha value is -4.10. The average molecular weight is 663 g/mol. The maximum atomic E-state index is 13.5. The molecule has 0 bridgehead atoms. The van der Waals surface area contributed by atoms with Crippen molar-refractivity contribution in [1.82, 2.24) is 20.1 Å². The molecule has 5 rings (SSSR count). The standard InChI is InChI=1S/C34H36F6N4O3/c1-23(25-16-27(33(35,36)37)18-28(17-25)34(38,39)40)47-21-31(26-6-4-3-5-7-26)12-14-32(15-13-31,44-22-42-43-30(44)45)20-41-19-24-8-10-29(46-2)11-9-24/h3-11,16-18,22-23,41H,12-15,19-21H2,1-2H3,(H,43,45)/t23-,31-,32+/m1/s1. The molecule has 1 atom stereocenters. The predicted octanol–water partition coefficient (Wildman–Crippen LogP) is 7.39. The first-order valence-corrected chi connectivity index (χ1v) is 15.2. The normalized spacial score (nSPS) is 21.0. The van der Waals surface area contributed by atoms with Gasteiger partial charge in [0.2, 0.25) is 0 Å². The summed E-state index contributed by atoms with van der Waals surface area (Å²) >= 11 is 0. The third kappa shape index (κ3) is 7.73. The van der Waals surface area contributed by atoms with Crippen LogP contribution in [0.3, 0.4) is 0 Å². The smallest absolute Gasteiger partial charge is 0.416 e. The summed E-state index contributed by atoms with van der Waals surface area (Å²) in [5.74, 6) is 0.741. The van der Waals surface area contributed by atoms with E-state index in [-0.39, 0.29) is 23.9 Å². The van der Waals surface area contributed by atoms with Crippen LogP contribution in [0.25, 0.3) is 0 Å². The molecular weight excluding hydrogens is 626 g/mol. The summed E-state index contributed by atoms with van der Waals surface area (Å²) in [5.41, 5.74) is -2.63. The summed E-state index contributed by atoms with van der Waals surface area (Å²) < 4.78 is 94.2. The van der Waals surface area contributed by atoms with Crippen LogP contribution in [0.15, 0.2) is 83.9 Å². The zero-order valence-corrected chi connectivity index (χ0v) is 25.9. The molecule has 13 heteroatoms. The van der Waals surface area contributed by atoms with Crippen LogP contribution in [0.5, 0.6) is 5.75 Å². The van der Waals surface area contributed by atoms with Gasteiger partial charge < -0.3 is 14.8 Å². The average Bonchev–Trinajstić information content (AvgIpc) is 3.50. The number of ether oxygens (including phenoxy) is 2. The molecule has 252 valence electrons. The number of methoxy groups -OCH3 is 1. The maximum absolute atomic E-state index is 13.5. The van der Waals surface area contributed by atoms with Crippen molar-refractivity contribution in [2.45, 2.75) is 68.6 Å². The highest BCUT2D eigenvalue weighted by molar-refractivity contribution is 5.35. The summed E-state index contributed by atoms with van der Waals surface area (Å²) in [5, 5.41) is 9.93. The molecule has 2 N–H and O–H groups in total. The second kappa shape index (κ2) is 13.6. The highest BCUT2D eigenvalue weighted by atomic mass is 19.4. The van der Waals surface area contributed by atoms with Gasteiger partial charge in [0.05, 0.1) is 36.5 Å². The van der Waals surface area contributed by atoms with E-state index in [1.54, 1.807) is 11.7 Å². The Balaban J connectivity index is 1.38. The van der Waals surface area contributed by atoms with Crippen LogP contribution in [0, 0.1) is 0 Å². The Labute approximate surface area is 267 Å². The molecule has 1 heterocycles. The van der Waals surface area contributed by atoms with Gasteiger partial charge in [0, 0.05) is 18.5 Å². The zero-order chi connectivity index (χ0) is 33.9. The van der Waals surface area contributed by atoms with Crippen LogP contribution in [0.1, 0.15) is 66.5 Å². The first-order chi connectivity index (χ1) is 22.2. The number of halogens is 6. The lowest BCUT2D eigenvalue weighted by Crippen LogP contribution is -2.52. The SMILES string of the molecule is COc1ccc(CNC[C@]2(n3cn[nH]c3=O)CC[C@@](CO[C@H](C)c3cc(C(F)(F)F)cc(C(F)(F)F)c3)(c3ccccc3)CC2)cc1. The Morgan fingerprint density at radius 3 is 2.06 bits per heavy atom. The molecule has 3 aromatic carbocycles. The third-order valence-electron chi connectivity index (χ3n) is 9.22. The zero-order valence-electron chi connectivity index (χ0n) is 25.9. The van der Waals surface area contributed by atoms with Gasteiger partial charge in [0.15, 0.2) is 0 Å². The lowest BCUT2D eigenvalue weighted by atomic mass is 9.64. The number of benzene rings is 3. The minimum Gasteiger partial charge on any atom is -0.497 e. The molecule has 1 aromatic heterocycles. The Bertz CT molecular complexity index is 1640. The van der Waals surface area contributed by atoms with E-state index in [4.69, 9.17) is 9.47 Å². The first kappa shape index (κ1) is 34.2. The minimum atomic E-state index is -4.96. The molecule has 1 saturated carbocycles. The van der Waals surface area contributed by atoms with Crippen molar-refractivity contribution in [2.24, 2.45) is 0 Å². The van der Waals surface area contributed by atoms with Crippen molar-refractivity contribution in [3.05, 3.63) is 117 Å². The van der Waals surface area contributed by atoms with Crippen molar-refractivity contribution in [3.8, 4) is 5.75 Å². The van der Waals surface area contributed by atoms with Crippen molar-refractivity contribution >= 4 is 0 Å². The van der Waals surface area contributed by atoms with E-state index in [9.17, 15) is 31.1 Å². The number of alkyl halides is 6. The van der Waals surface area contributed by atoms with Gasteiger partial charge in [-0.2, -0.15) is 31.4 Å². The molecule has 0 aliphatic heterocycles. The van der Waals surface area contributed by atoms with Crippen LogP contribution in [-0.2, 0) is 34.6 Å². The van der Waals surface area contributed by atoms with E-state index in [0.717, 1.165) is 16.9 Å². The fourth-order valence-electron chi connectivity index (χ4n) is 6.37. The van der Waals surface area contributed by atoms with Crippen LogP contribution in [-0.4, -0.2) is 35.0 Å². The third-order valence-corrected chi connectivity index (χ3v) is 9.22. The van der Waals surface area contributed by atoms with E-state index >= 15 is 0 Å². The van der Waals surface area contributed by atoms with Gasteiger partial charge >= 0.3 is 18.0 Å². The molecule has 0 saturated heterocycles. The molecule has 1 aliphatic rings. The number of hydrogen-bond acceptors (Lipinski definition) is 5. The van der Waals surface area contributed by atoms with Gasteiger partial charge in [-0.3, -0.25) is 4.57 Å². The number of H-pyrrole nitrogens is 1. The summed E-state index contributed by atoms with van der Waals surface area (Å²) in [6, 6.07) is 18.7. The molecule has 0 spiro atoms. The fraction of sp³-hybridized carbons (Fsp3) is 0.412. The molecule has 1 aliphatic carbocycles. The monoisotopic (exact) mass is 662 g/mol. The summed E-state index contributed by atoms with van der Waals surface area (Å²) in [7, 11) is 1.60. The number of hydrogen-bond donors (Lipinski definition) is 2. The maximum Gasteiger partial charge on any atom is 0.416 e. The van der Waals surface area contributed by atoms with E-state index in [1.807, 2.05) is 54.6 Å². The summed E-state index contributed by atoms with van der Waals surface area (Å²) in [4.78, 5) is 12.8. The molecule has 0 unspecified atom stereocenters. The first-order valence-electron chi connectivity index (χ1n) is 15.2. The summed E-state index contributed by atoms with van der Waals surface area (Å²) in [6.45, 7) is 2.49.